The molecule has 3 amide bonds. The van der Waals surface area contributed by atoms with Crippen LogP contribution in [0.5, 0.6) is 0 Å². The van der Waals surface area contributed by atoms with Gasteiger partial charge in [-0.25, -0.2) is 4.90 Å². The zero-order valence-corrected chi connectivity index (χ0v) is 15.7. The molecule has 29 heavy (non-hydrogen) atoms. The minimum Gasteiger partial charge on any atom is -0.467 e. The molecule has 4 aliphatic carbocycles. The highest BCUT2D eigenvalue weighted by atomic mass is 16.3. The molecule has 3 fully saturated rings. The Kier molecular flexibility index (Phi) is 3.43. The second-order valence-corrected chi connectivity index (χ2v) is 8.48. The second kappa shape index (κ2) is 5.92. The van der Waals surface area contributed by atoms with Crippen LogP contribution in [0, 0.1) is 35.5 Å². The third kappa shape index (κ3) is 2.38. The van der Waals surface area contributed by atoms with Crippen LogP contribution >= 0.6 is 0 Å². The fourth-order valence-corrected chi connectivity index (χ4v) is 5.68. The summed E-state index contributed by atoms with van der Waals surface area (Å²) in [5.41, 5.74) is 0.890. The number of hydrogen-bond acceptors (Lipinski definition) is 4. The number of allylic oxidation sites excluding steroid dienone is 2. The van der Waals surface area contributed by atoms with Crippen molar-refractivity contribution in [3.8, 4) is 0 Å². The molecule has 1 saturated heterocycles. The molecular weight excluding hydrogens is 368 g/mol. The number of imide groups is 1. The van der Waals surface area contributed by atoms with E-state index in [0.29, 0.717) is 28.8 Å². The molecule has 0 spiro atoms. The van der Waals surface area contributed by atoms with Gasteiger partial charge in [0.15, 0.2) is 0 Å². The van der Waals surface area contributed by atoms with Crippen molar-refractivity contribution in [2.75, 3.05) is 4.90 Å². The van der Waals surface area contributed by atoms with Crippen LogP contribution in [0.25, 0.3) is 0 Å². The van der Waals surface area contributed by atoms with E-state index in [1.54, 1.807) is 42.7 Å². The molecule has 1 aromatic carbocycles. The Labute approximate surface area is 167 Å². The number of furan rings is 1. The third-order valence-electron chi connectivity index (χ3n) is 7.03. The number of benzene rings is 1. The molecule has 1 aliphatic heterocycles. The summed E-state index contributed by atoms with van der Waals surface area (Å²) in [5.74, 6) is 1.20. The first kappa shape index (κ1) is 16.8. The molecule has 2 bridgehead atoms. The highest BCUT2D eigenvalue weighted by molar-refractivity contribution is 6.23. The SMILES string of the molecule is O=C(NCc1ccco1)c1cccc(N2C(=O)[C@@H]3[C@H]4C=C[C@@H]([C@@H]5C[C@H]45)[C@@H]3C2=O)c1. The van der Waals surface area contributed by atoms with Crippen LogP contribution in [-0.2, 0) is 16.1 Å². The van der Waals surface area contributed by atoms with Crippen molar-refractivity contribution < 1.29 is 18.8 Å². The Hall–Kier alpha value is -3.15. The van der Waals surface area contributed by atoms with Gasteiger partial charge in [-0.1, -0.05) is 18.2 Å². The maximum Gasteiger partial charge on any atom is 0.251 e. The number of nitrogens with one attached hydrogen (secondary N) is 1. The van der Waals surface area contributed by atoms with E-state index in [1.807, 2.05) is 0 Å². The maximum absolute atomic E-state index is 13.2. The average Bonchev–Trinajstić information content (AvgIpc) is 3.33. The van der Waals surface area contributed by atoms with Crippen LogP contribution in [-0.4, -0.2) is 17.7 Å². The van der Waals surface area contributed by atoms with Crippen LogP contribution in [0.15, 0.2) is 59.2 Å². The maximum atomic E-state index is 13.2. The molecule has 6 heteroatoms. The summed E-state index contributed by atoms with van der Waals surface area (Å²) in [4.78, 5) is 40.3. The summed E-state index contributed by atoms with van der Waals surface area (Å²) >= 11 is 0. The van der Waals surface area contributed by atoms with E-state index < -0.39 is 0 Å². The van der Waals surface area contributed by atoms with E-state index in [2.05, 4.69) is 17.5 Å². The smallest absolute Gasteiger partial charge is 0.251 e. The number of rotatable bonds is 4. The highest BCUT2D eigenvalue weighted by Crippen LogP contribution is 2.65. The standard InChI is InChI=1S/C23H20N2O4/c26-21(24-11-14-5-2-8-29-14)12-3-1-4-13(9-12)25-22(27)19-15-6-7-16(18-10-17(15)18)20(19)23(25)28/h1-9,15-20H,10-11H2,(H,24,26)/t15-,16-,17-,18+,19-,20+/m0/s1. The molecule has 7 rings (SSSR count). The molecule has 0 unspecified atom stereocenters. The predicted molar refractivity (Wildman–Crippen MR) is 104 cm³/mol. The predicted octanol–water partition coefficient (Wildman–Crippen LogP) is 2.77. The van der Waals surface area contributed by atoms with E-state index in [-0.39, 0.29) is 47.9 Å². The van der Waals surface area contributed by atoms with Gasteiger partial charge in [0, 0.05) is 5.56 Å². The van der Waals surface area contributed by atoms with Gasteiger partial charge >= 0.3 is 0 Å². The molecule has 0 radical (unpaired) electrons. The Morgan fingerprint density at radius 3 is 2.41 bits per heavy atom. The molecule has 6 nitrogen and oxygen atoms in total. The van der Waals surface area contributed by atoms with Crippen LogP contribution in [0.3, 0.4) is 0 Å². The molecule has 2 saturated carbocycles. The summed E-state index contributed by atoms with van der Waals surface area (Å²) in [6.07, 6.45) is 7.01. The molecule has 2 heterocycles. The second-order valence-electron chi connectivity index (χ2n) is 8.48. The Bertz CT molecular complexity index is 1020. The highest BCUT2D eigenvalue weighted by Gasteiger charge is 2.67. The molecule has 1 aromatic heterocycles. The van der Waals surface area contributed by atoms with Crippen molar-refractivity contribution in [1.29, 1.82) is 0 Å². The van der Waals surface area contributed by atoms with E-state index in [1.165, 1.54) is 4.90 Å². The van der Waals surface area contributed by atoms with Gasteiger partial charge in [-0.15, -0.1) is 0 Å². The van der Waals surface area contributed by atoms with Gasteiger partial charge in [0.25, 0.3) is 5.91 Å². The minimum atomic E-state index is -0.275. The average molecular weight is 388 g/mol. The Morgan fingerprint density at radius 2 is 1.76 bits per heavy atom. The van der Waals surface area contributed by atoms with Gasteiger partial charge in [-0.3, -0.25) is 14.4 Å². The zero-order valence-electron chi connectivity index (χ0n) is 15.7. The number of anilines is 1. The van der Waals surface area contributed by atoms with Crippen LogP contribution in [0.4, 0.5) is 5.69 Å². The van der Waals surface area contributed by atoms with Gasteiger partial charge in [0.1, 0.15) is 5.76 Å². The van der Waals surface area contributed by atoms with Crippen LogP contribution in [0.1, 0.15) is 22.5 Å². The van der Waals surface area contributed by atoms with Crippen molar-refractivity contribution >= 4 is 23.4 Å². The quantitative estimate of drug-likeness (QED) is 0.645. The summed E-state index contributed by atoms with van der Waals surface area (Å²) < 4.78 is 5.23. The number of carbonyl (C=O) groups is 3. The minimum absolute atomic E-state index is 0.113. The molecule has 2 aromatic rings. The van der Waals surface area contributed by atoms with E-state index in [9.17, 15) is 14.4 Å². The first-order chi connectivity index (χ1) is 14.1. The van der Waals surface area contributed by atoms with Gasteiger partial charge in [-0.2, -0.15) is 0 Å². The lowest BCUT2D eigenvalue weighted by molar-refractivity contribution is -0.124. The fraction of sp³-hybridized carbons (Fsp3) is 0.348. The van der Waals surface area contributed by atoms with Crippen molar-refractivity contribution in [3.63, 3.8) is 0 Å². The first-order valence-electron chi connectivity index (χ1n) is 10.1. The normalized spacial score (nSPS) is 33.6. The number of amides is 3. The van der Waals surface area contributed by atoms with Gasteiger partial charge in [-0.05, 0) is 60.4 Å². The number of hydrogen-bond donors (Lipinski definition) is 1. The lowest BCUT2D eigenvalue weighted by Crippen LogP contribution is -2.40. The van der Waals surface area contributed by atoms with Crippen LogP contribution in [0.2, 0.25) is 0 Å². The lowest BCUT2D eigenvalue weighted by atomic mass is 9.63. The third-order valence-corrected chi connectivity index (χ3v) is 7.03. The monoisotopic (exact) mass is 388 g/mol. The summed E-state index contributed by atoms with van der Waals surface area (Å²) in [7, 11) is 0. The topological polar surface area (TPSA) is 79.6 Å². The van der Waals surface area contributed by atoms with Gasteiger partial charge in [0.05, 0.1) is 30.3 Å². The van der Waals surface area contributed by atoms with Crippen molar-refractivity contribution in [2.24, 2.45) is 35.5 Å². The number of nitrogens with zero attached hydrogens (tertiary/aromatic N) is 1. The van der Waals surface area contributed by atoms with Gasteiger partial charge in [0.2, 0.25) is 11.8 Å². The summed E-state index contributed by atoms with van der Waals surface area (Å²) in [6, 6.07) is 10.3. The first-order valence-corrected chi connectivity index (χ1v) is 10.1. The lowest BCUT2D eigenvalue weighted by Gasteiger charge is -2.37. The van der Waals surface area contributed by atoms with E-state index >= 15 is 0 Å². The molecule has 5 aliphatic rings. The molecule has 1 N–H and O–H groups in total. The van der Waals surface area contributed by atoms with E-state index in [4.69, 9.17) is 4.42 Å². The molecular formula is C23H20N2O4. The summed E-state index contributed by atoms with van der Waals surface area (Å²) in [5, 5.41) is 2.80. The van der Waals surface area contributed by atoms with Crippen molar-refractivity contribution in [2.45, 2.75) is 13.0 Å². The largest absolute Gasteiger partial charge is 0.467 e. The molecule has 6 atom stereocenters. The zero-order chi connectivity index (χ0) is 19.7. The fourth-order valence-electron chi connectivity index (χ4n) is 5.68. The van der Waals surface area contributed by atoms with E-state index in [0.717, 1.165) is 6.42 Å². The Morgan fingerprint density at radius 1 is 1.03 bits per heavy atom. The van der Waals surface area contributed by atoms with Crippen molar-refractivity contribution in [3.05, 3.63) is 66.1 Å². The molecule has 146 valence electrons. The van der Waals surface area contributed by atoms with Gasteiger partial charge < -0.3 is 9.73 Å². The van der Waals surface area contributed by atoms with Crippen molar-refractivity contribution in [1.82, 2.24) is 5.32 Å². The van der Waals surface area contributed by atoms with Crippen LogP contribution < -0.4 is 10.2 Å². The number of carbonyl (C=O) groups excluding carboxylic acids is 3. The Balaban J connectivity index is 1.26. The summed E-state index contributed by atoms with van der Waals surface area (Å²) in [6.45, 7) is 0.277.